The van der Waals surface area contributed by atoms with E-state index >= 15 is 0 Å². The minimum Gasteiger partial charge on any atom is -0.390 e. The third-order valence-corrected chi connectivity index (χ3v) is 4.98. The van der Waals surface area contributed by atoms with Gasteiger partial charge in [-0.1, -0.05) is 39.0 Å². The van der Waals surface area contributed by atoms with Crippen molar-refractivity contribution < 1.29 is 14.6 Å². The molecule has 0 fully saturated rings. The molecule has 0 saturated carbocycles. The van der Waals surface area contributed by atoms with E-state index in [1.54, 1.807) is 13.8 Å². The number of benzene rings is 1. The fourth-order valence-electron chi connectivity index (χ4n) is 3.52. The summed E-state index contributed by atoms with van der Waals surface area (Å²) in [5.41, 5.74) is 1.89. The van der Waals surface area contributed by atoms with E-state index in [9.17, 15) is 9.90 Å². The number of nitrogens with one attached hydrogen (secondary N) is 1. The molecule has 0 aliphatic carbocycles. The number of carbonyl (C=O) groups excluding carboxylic acids is 1. The van der Waals surface area contributed by atoms with Crippen molar-refractivity contribution in [3.05, 3.63) is 29.8 Å². The maximum absolute atomic E-state index is 12.7. The van der Waals surface area contributed by atoms with Gasteiger partial charge < -0.3 is 15.2 Å². The van der Waals surface area contributed by atoms with Gasteiger partial charge in [-0.2, -0.15) is 0 Å². The second-order valence-electron chi connectivity index (χ2n) is 9.25. The lowest BCUT2D eigenvalue weighted by atomic mass is 9.84. The molecule has 1 amide bonds. The number of ether oxygens (including phenoxy) is 1. The van der Waals surface area contributed by atoms with Gasteiger partial charge in [0.05, 0.1) is 23.4 Å². The van der Waals surface area contributed by atoms with Gasteiger partial charge in [0.25, 0.3) is 0 Å². The van der Waals surface area contributed by atoms with E-state index in [1.165, 1.54) is 0 Å². The number of hydrogen-bond acceptors (Lipinski definition) is 5. The van der Waals surface area contributed by atoms with Crippen molar-refractivity contribution in [2.24, 2.45) is 10.4 Å². The Morgan fingerprint density at radius 3 is 2.52 bits per heavy atom. The molecule has 2 N–H and O–H groups in total. The number of carbonyl (C=O) groups is 1. The number of amides is 1. The highest BCUT2D eigenvalue weighted by atomic mass is 16.5. The number of aliphatic imine (C=N–C) groups is 1. The molecule has 29 heavy (non-hydrogen) atoms. The largest absolute Gasteiger partial charge is 0.390 e. The molecule has 1 aliphatic heterocycles. The summed E-state index contributed by atoms with van der Waals surface area (Å²) in [5, 5.41) is 14.5. The minimum atomic E-state index is -0.877. The summed E-state index contributed by atoms with van der Waals surface area (Å²) >= 11 is 0. The van der Waals surface area contributed by atoms with Crippen LogP contribution in [0.4, 0.5) is 11.5 Å². The lowest BCUT2D eigenvalue weighted by Crippen LogP contribution is -2.28. The van der Waals surface area contributed by atoms with Gasteiger partial charge in [0.2, 0.25) is 5.91 Å². The number of fused-ring (bicyclic) bond motifs is 3. The van der Waals surface area contributed by atoms with E-state index in [4.69, 9.17) is 14.7 Å². The molecule has 1 aromatic heterocycles. The first kappa shape index (κ1) is 21.4. The lowest BCUT2D eigenvalue weighted by molar-refractivity contribution is -0.123. The summed E-state index contributed by atoms with van der Waals surface area (Å²) in [4.78, 5) is 22.2. The van der Waals surface area contributed by atoms with E-state index < -0.39 is 11.0 Å². The topological polar surface area (TPSA) is 83.8 Å². The molecule has 156 valence electrons. The van der Waals surface area contributed by atoms with Gasteiger partial charge in [-0.3, -0.25) is 9.79 Å². The van der Waals surface area contributed by atoms with Crippen LogP contribution in [0.5, 0.6) is 0 Å². The fraction of sp³-hybridized carbons (Fsp3) is 0.522. The molecule has 0 radical (unpaired) electrons. The summed E-state index contributed by atoms with van der Waals surface area (Å²) in [6.45, 7) is 12.1. The molecule has 3 rings (SSSR count). The summed E-state index contributed by atoms with van der Waals surface area (Å²) in [5.74, 6) is 0.246. The van der Waals surface area contributed by atoms with E-state index in [0.717, 1.165) is 22.2 Å². The zero-order valence-electron chi connectivity index (χ0n) is 18.2. The first-order chi connectivity index (χ1) is 13.5. The van der Waals surface area contributed by atoms with E-state index in [1.807, 2.05) is 52.0 Å². The molecular weight excluding hydrogens is 366 g/mol. The van der Waals surface area contributed by atoms with Gasteiger partial charge in [0.1, 0.15) is 5.69 Å². The second-order valence-corrected chi connectivity index (χ2v) is 9.25. The third-order valence-electron chi connectivity index (χ3n) is 4.98. The highest BCUT2D eigenvalue weighted by Gasteiger charge is 2.36. The normalized spacial score (nSPS) is 16.7. The zero-order chi connectivity index (χ0) is 21.4. The van der Waals surface area contributed by atoms with Crippen molar-refractivity contribution in [3.8, 4) is 0 Å². The fourth-order valence-corrected chi connectivity index (χ4v) is 3.52. The van der Waals surface area contributed by atoms with Gasteiger partial charge in [0.15, 0.2) is 5.82 Å². The van der Waals surface area contributed by atoms with Crippen LogP contribution in [0.1, 0.15) is 59.4 Å². The van der Waals surface area contributed by atoms with Crippen molar-refractivity contribution in [3.63, 3.8) is 0 Å². The SMILES string of the molecule is CCOCC1=Nc2c(NC(=O)C(C)(C)C)nc3ccccc3c2C1CC(C)(C)O. The Morgan fingerprint density at radius 1 is 1.21 bits per heavy atom. The third kappa shape index (κ3) is 4.65. The number of rotatable bonds is 6. The second kappa shape index (κ2) is 7.84. The number of aliphatic hydroxyl groups is 1. The van der Waals surface area contributed by atoms with Gasteiger partial charge in [-0.15, -0.1) is 0 Å². The van der Waals surface area contributed by atoms with E-state index in [0.29, 0.717) is 31.1 Å². The summed E-state index contributed by atoms with van der Waals surface area (Å²) in [6, 6.07) is 7.86. The molecule has 1 aliphatic rings. The molecule has 0 saturated heterocycles. The molecule has 1 aromatic carbocycles. The molecule has 6 nitrogen and oxygen atoms in total. The van der Waals surface area contributed by atoms with Crippen LogP contribution in [0.3, 0.4) is 0 Å². The van der Waals surface area contributed by atoms with Crippen molar-refractivity contribution >= 4 is 34.0 Å². The number of nitrogens with zero attached hydrogens (tertiary/aromatic N) is 2. The number of para-hydroxylation sites is 1. The molecule has 0 bridgehead atoms. The average Bonchev–Trinajstić information content (AvgIpc) is 2.96. The zero-order valence-corrected chi connectivity index (χ0v) is 18.2. The molecular formula is C23H31N3O3. The Bertz CT molecular complexity index is 952. The van der Waals surface area contributed by atoms with Crippen molar-refractivity contribution in [1.29, 1.82) is 0 Å². The number of hydrogen-bond donors (Lipinski definition) is 2. The Kier molecular flexibility index (Phi) is 5.79. The van der Waals surface area contributed by atoms with Gasteiger partial charge in [-0.25, -0.2) is 4.98 Å². The predicted octanol–water partition coefficient (Wildman–Crippen LogP) is 4.59. The van der Waals surface area contributed by atoms with Crippen LogP contribution in [-0.2, 0) is 9.53 Å². The smallest absolute Gasteiger partial charge is 0.230 e. The number of aromatic nitrogens is 1. The highest BCUT2D eigenvalue weighted by molar-refractivity contribution is 6.09. The first-order valence-electron chi connectivity index (χ1n) is 10.1. The quantitative estimate of drug-likeness (QED) is 0.747. The molecule has 2 heterocycles. The summed E-state index contributed by atoms with van der Waals surface area (Å²) in [6.07, 6.45) is 0.507. The van der Waals surface area contributed by atoms with Crippen LogP contribution in [0.2, 0.25) is 0 Å². The highest BCUT2D eigenvalue weighted by Crippen LogP contribution is 2.47. The van der Waals surface area contributed by atoms with Gasteiger partial charge >= 0.3 is 0 Å². The monoisotopic (exact) mass is 397 g/mol. The molecule has 1 atom stereocenters. The van der Waals surface area contributed by atoms with Crippen LogP contribution in [0.15, 0.2) is 29.3 Å². The van der Waals surface area contributed by atoms with Crippen molar-refractivity contribution in [2.45, 2.75) is 59.5 Å². The Hall–Kier alpha value is -2.31. The Morgan fingerprint density at radius 2 is 1.90 bits per heavy atom. The van der Waals surface area contributed by atoms with Crippen LogP contribution in [0, 0.1) is 5.41 Å². The standard InChI is InChI=1S/C23H31N3O3/c1-7-29-13-17-15(12-23(5,6)28)18-14-10-8-9-11-16(14)25-20(19(18)24-17)26-21(27)22(2,3)4/h8-11,15,28H,7,12-13H2,1-6H3,(H,25,26,27). The van der Waals surface area contributed by atoms with Crippen molar-refractivity contribution in [2.75, 3.05) is 18.5 Å². The molecule has 1 unspecified atom stereocenters. The number of anilines is 1. The lowest BCUT2D eigenvalue weighted by Gasteiger charge is -2.25. The Balaban J connectivity index is 2.18. The van der Waals surface area contributed by atoms with Gasteiger partial charge in [-0.05, 0) is 38.8 Å². The summed E-state index contributed by atoms with van der Waals surface area (Å²) in [7, 11) is 0. The molecule has 6 heteroatoms. The average molecular weight is 398 g/mol. The Labute approximate surface area is 172 Å². The summed E-state index contributed by atoms with van der Waals surface area (Å²) < 4.78 is 5.66. The minimum absolute atomic E-state index is 0.102. The van der Waals surface area contributed by atoms with Crippen LogP contribution in [0.25, 0.3) is 10.9 Å². The van der Waals surface area contributed by atoms with Crippen LogP contribution >= 0.6 is 0 Å². The van der Waals surface area contributed by atoms with Crippen LogP contribution in [-0.4, -0.2) is 40.5 Å². The molecule has 2 aromatic rings. The van der Waals surface area contributed by atoms with Gasteiger partial charge in [0, 0.05) is 23.3 Å². The van der Waals surface area contributed by atoms with Crippen LogP contribution < -0.4 is 5.32 Å². The molecule has 0 spiro atoms. The number of pyridine rings is 1. The first-order valence-corrected chi connectivity index (χ1v) is 10.1. The predicted molar refractivity (Wildman–Crippen MR) is 117 cm³/mol. The van der Waals surface area contributed by atoms with E-state index in [-0.39, 0.29) is 11.8 Å². The maximum atomic E-state index is 12.7. The van der Waals surface area contributed by atoms with E-state index in [2.05, 4.69) is 5.32 Å². The maximum Gasteiger partial charge on any atom is 0.230 e. The van der Waals surface area contributed by atoms with Crippen molar-refractivity contribution in [1.82, 2.24) is 4.98 Å².